The van der Waals surface area contributed by atoms with Crippen molar-refractivity contribution in [2.75, 3.05) is 6.54 Å². The van der Waals surface area contributed by atoms with E-state index < -0.39 is 12.0 Å². The molecule has 5 heteroatoms. The average molecular weight is 282 g/mol. The molecule has 102 valence electrons. The van der Waals surface area contributed by atoms with E-state index in [1.54, 1.807) is 6.07 Å². The van der Waals surface area contributed by atoms with Gasteiger partial charge in [0, 0.05) is 18.0 Å². The van der Waals surface area contributed by atoms with Gasteiger partial charge in [0.25, 0.3) is 0 Å². The number of halogens is 1. The van der Waals surface area contributed by atoms with Gasteiger partial charge < -0.3 is 10.0 Å². The van der Waals surface area contributed by atoms with Crippen LogP contribution in [0.1, 0.15) is 24.8 Å². The summed E-state index contributed by atoms with van der Waals surface area (Å²) >= 11 is 5.88. The monoisotopic (exact) mass is 281 g/mol. The van der Waals surface area contributed by atoms with E-state index in [1.165, 1.54) is 4.90 Å². The van der Waals surface area contributed by atoms with Crippen LogP contribution < -0.4 is 0 Å². The van der Waals surface area contributed by atoms with Crippen molar-refractivity contribution in [3.05, 3.63) is 34.9 Å². The smallest absolute Gasteiger partial charge is 0.326 e. The van der Waals surface area contributed by atoms with Gasteiger partial charge in [-0.25, -0.2) is 4.79 Å². The van der Waals surface area contributed by atoms with Gasteiger partial charge in [-0.2, -0.15) is 0 Å². The molecule has 0 aliphatic carbocycles. The standard InChI is InChI=1S/C14H16ClNO3/c15-11-4-1-3-10(9-11)6-7-13(17)16-8-2-5-12(16)14(18)19/h1,3-4,9,12H,2,5-8H2,(H,18,19). The Kier molecular flexibility index (Phi) is 4.43. The molecule has 1 aromatic rings. The van der Waals surface area contributed by atoms with Crippen molar-refractivity contribution in [1.82, 2.24) is 4.90 Å². The van der Waals surface area contributed by atoms with Crippen LogP contribution in [0.3, 0.4) is 0 Å². The Morgan fingerprint density at radius 3 is 2.89 bits per heavy atom. The lowest BCUT2D eigenvalue weighted by molar-refractivity contribution is -0.148. The molecule has 1 amide bonds. The van der Waals surface area contributed by atoms with E-state index in [0.717, 1.165) is 12.0 Å². The number of aliphatic carboxylic acids is 1. The molecule has 1 heterocycles. The van der Waals surface area contributed by atoms with E-state index >= 15 is 0 Å². The second-order valence-corrected chi connectivity index (χ2v) is 5.15. The highest BCUT2D eigenvalue weighted by molar-refractivity contribution is 6.30. The van der Waals surface area contributed by atoms with E-state index in [4.69, 9.17) is 16.7 Å². The van der Waals surface area contributed by atoms with Gasteiger partial charge in [-0.05, 0) is 37.0 Å². The predicted molar refractivity (Wildman–Crippen MR) is 72.1 cm³/mol. The Balaban J connectivity index is 1.92. The molecule has 0 saturated carbocycles. The molecule has 1 saturated heterocycles. The maximum Gasteiger partial charge on any atom is 0.326 e. The van der Waals surface area contributed by atoms with Gasteiger partial charge in [-0.3, -0.25) is 4.79 Å². The number of carbonyl (C=O) groups excluding carboxylic acids is 1. The summed E-state index contributed by atoms with van der Waals surface area (Å²) in [7, 11) is 0. The van der Waals surface area contributed by atoms with Crippen molar-refractivity contribution in [3.63, 3.8) is 0 Å². The fraction of sp³-hybridized carbons (Fsp3) is 0.429. The molecule has 1 unspecified atom stereocenters. The van der Waals surface area contributed by atoms with Gasteiger partial charge in [-0.1, -0.05) is 23.7 Å². The molecule has 0 bridgehead atoms. The fourth-order valence-electron chi connectivity index (χ4n) is 2.41. The van der Waals surface area contributed by atoms with Crippen molar-refractivity contribution in [3.8, 4) is 0 Å². The van der Waals surface area contributed by atoms with Gasteiger partial charge in [0.1, 0.15) is 6.04 Å². The van der Waals surface area contributed by atoms with E-state index in [1.807, 2.05) is 18.2 Å². The first-order valence-electron chi connectivity index (χ1n) is 6.34. The molecule has 2 rings (SSSR count). The lowest BCUT2D eigenvalue weighted by Crippen LogP contribution is -2.40. The molecule has 1 aliphatic heterocycles. The Morgan fingerprint density at radius 1 is 1.42 bits per heavy atom. The fourth-order valence-corrected chi connectivity index (χ4v) is 2.62. The molecule has 1 N–H and O–H groups in total. The summed E-state index contributed by atoms with van der Waals surface area (Å²) < 4.78 is 0. The zero-order valence-electron chi connectivity index (χ0n) is 10.5. The minimum Gasteiger partial charge on any atom is -0.480 e. The molecule has 1 aliphatic rings. The molecule has 19 heavy (non-hydrogen) atoms. The number of hydrogen-bond donors (Lipinski definition) is 1. The predicted octanol–water partition coefficient (Wildman–Crippen LogP) is 2.35. The molecule has 1 aromatic carbocycles. The van der Waals surface area contributed by atoms with Gasteiger partial charge >= 0.3 is 5.97 Å². The Morgan fingerprint density at radius 2 is 2.21 bits per heavy atom. The third kappa shape index (κ3) is 3.47. The summed E-state index contributed by atoms with van der Waals surface area (Å²) in [4.78, 5) is 24.6. The van der Waals surface area contributed by atoms with Crippen LogP contribution in [0.2, 0.25) is 5.02 Å². The molecular weight excluding hydrogens is 266 g/mol. The van der Waals surface area contributed by atoms with E-state index in [9.17, 15) is 9.59 Å². The highest BCUT2D eigenvalue weighted by Crippen LogP contribution is 2.19. The number of hydrogen-bond acceptors (Lipinski definition) is 2. The second kappa shape index (κ2) is 6.06. The van der Waals surface area contributed by atoms with Crippen LogP contribution in [-0.2, 0) is 16.0 Å². The third-order valence-corrected chi connectivity index (χ3v) is 3.61. The van der Waals surface area contributed by atoms with Crippen molar-refractivity contribution in [2.24, 2.45) is 0 Å². The van der Waals surface area contributed by atoms with E-state index in [0.29, 0.717) is 30.8 Å². The number of likely N-dealkylation sites (tertiary alicyclic amines) is 1. The molecule has 0 spiro atoms. The molecule has 4 nitrogen and oxygen atoms in total. The highest BCUT2D eigenvalue weighted by Gasteiger charge is 2.33. The first-order valence-corrected chi connectivity index (χ1v) is 6.72. The molecule has 0 radical (unpaired) electrons. The normalized spacial score (nSPS) is 18.6. The first kappa shape index (κ1) is 13.9. The van der Waals surface area contributed by atoms with Crippen molar-refractivity contribution in [2.45, 2.75) is 31.7 Å². The zero-order chi connectivity index (χ0) is 13.8. The van der Waals surface area contributed by atoms with Gasteiger partial charge in [0.15, 0.2) is 0 Å². The summed E-state index contributed by atoms with van der Waals surface area (Å²) in [6, 6.07) is 6.73. The number of benzene rings is 1. The van der Waals surface area contributed by atoms with Crippen LogP contribution in [0.4, 0.5) is 0 Å². The molecule has 0 aromatic heterocycles. The van der Waals surface area contributed by atoms with Crippen LogP contribution >= 0.6 is 11.6 Å². The number of carbonyl (C=O) groups is 2. The Hall–Kier alpha value is -1.55. The van der Waals surface area contributed by atoms with Crippen molar-refractivity contribution in [1.29, 1.82) is 0 Å². The lowest BCUT2D eigenvalue weighted by atomic mass is 10.1. The van der Waals surface area contributed by atoms with Crippen LogP contribution in [0.25, 0.3) is 0 Å². The number of rotatable bonds is 4. The minimum atomic E-state index is -0.909. The first-order chi connectivity index (χ1) is 9.08. The lowest BCUT2D eigenvalue weighted by Gasteiger charge is -2.21. The summed E-state index contributed by atoms with van der Waals surface area (Å²) in [5.74, 6) is -1.00. The summed E-state index contributed by atoms with van der Waals surface area (Å²) in [5.41, 5.74) is 0.993. The maximum atomic E-state index is 12.0. The van der Waals surface area contributed by atoms with Gasteiger partial charge in [0.2, 0.25) is 5.91 Å². The Bertz CT molecular complexity index is 489. The zero-order valence-corrected chi connectivity index (χ0v) is 11.3. The molecular formula is C14H16ClNO3. The van der Waals surface area contributed by atoms with Crippen LogP contribution in [-0.4, -0.2) is 34.5 Å². The van der Waals surface area contributed by atoms with Crippen LogP contribution in [0.5, 0.6) is 0 Å². The van der Waals surface area contributed by atoms with Gasteiger partial charge in [0.05, 0.1) is 0 Å². The van der Waals surface area contributed by atoms with Crippen LogP contribution in [0, 0.1) is 0 Å². The van der Waals surface area contributed by atoms with Gasteiger partial charge in [-0.15, -0.1) is 0 Å². The largest absolute Gasteiger partial charge is 0.480 e. The minimum absolute atomic E-state index is 0.0927. The summed E-state index contributed by atoms with van der Waals surface area (Å²) in [6.45, 7) is 0.547. The van der Waals surface area contributed by atoms with E-state index in [2.05, 4.69) is 0 Å². The number of aryl methyl sites for hydroxylation is 1. The number of carboxylic acid groups (broad SMARTS) is 1. The SMILES string of the molecule is O=C(O)C1CCCN1C(=O)CCc1cccc(Cl)c1. The van der Waals surface area contributed by atoms with Crippen molar-refractivity contribution < 1.29 is 14.7 Å². The maximum absolute atomic E-state index is 12.0. The number of nitrogens with zero attached hydrogens (tertiary/aromatic N) is 1. The third-order valence-electron chi connectivity index (χ3n) is 3.37. The summed E-state index contributed by atoms with van der Waals surface area (Å²) in [5, 5.41) is 9.69. The Labute approximate surface area is 117 Å². The van der Waals surface area contributed by atoms with Crippen LogP contribution in [0.15, 0.2) is 24.3 Å². The highest BCUT2D eigenvalue weighted by atomic mass is 35.5. The number of amides is 1. The molecule has 1 atom stereocenters. The summed E-state index contributed by atoms with van der Waals surface area (Å²) in [6.07, 6.45) is 2.23. The average Bonchev–Trinajstić information content (AvgIpc) is 2.85. The topological polar surface area (TPSA) is 57.6 Å². The number of carboxylic acids is 1. The van der Waals surface area contributed by atoms with E-state index in [-0.39, 0.29) is 5.91 Å². The quantitative estimate of drug-likeness (QED) is 0.922. The second-order valence-electron chi connectivity index (χ2n) is 4.71. The van der Waals surface area contributed by atoms with Crippen molar-refractivity contribution >= 4 is 23.5 Å². The molecule has 1 fully saturated rings.